The van der Waals surface area contributed by atoms with E-state index in [1.807, 2.05) is 24.3 Å². The van der Waals surface area contributed by atoms with Crippen LogP contribution in [0.15, 0.2) is 35.1 Å². The molecular weight excluding hydrogens is 192 g/mol. The third kappa shape index (κ3) is 1.24. The second-order valence-corrected chi connectivity index (χ2v) is 3.84. The SMILES string of the molecule is O=c1sc2ccccc2cc1Cl. The van der Waals surface area contributed by atoms with Crippen molar-refractivity contribution in [2.75, 3.05) is 0 Å². The number of hydrogen-bond donors (Lipinski definition) is 0. The second-order valence-electron chi connectivity index (χ2n) is 2.42. The molecule has 12 heavy (non-hydrogen) atoms. The predicted molar refractivity (Wildman–Crippen MR) is 53.1 cm³/mol. The molecule has 0 aliphatic heterocycles. The van der Waals surface area contributed by atoms with Gasteiger partial charge in [0, 0.05) is 4.70 Å². The number of benzene rings is 1. The Morgan fingerprint density at radius 2 is 2.00 bits per heavy atom. The molecule has 0 unspecified atom stereocenters. The molecule has 0 radical (unpaired) electrons. The van der Waals surface area contributed by atoms with Gasteiger partial charge in [-0.2, -0.15) is 0 Å². The maximum absolute atomic E-state index is 11.1. The Labute approximate surface area is 78.2 Å². The molecule has 0 bridgehead atoms. The van der Waals surface area contributed by atoms with Crippen LogP contribution in [0.25, 0.3) is 10.1 Å². The average molecular weight is 197 g/mol. The summed E-state index contributed by atoms with van der Waals surface area (Å²) in [6.07, 6.45) is 0. The van der Waals surface area contributed by atoms with Crippen LogP contribution in [0, 0.1) is 0 Å². The third-order valence-corrected chi connectivity index (χ3v) is 2.99. The number of hydrogen-bond acceptors (Lipinski definition) is 2. The van der Waals surface area contributed by atoms with Crippen molar-refractivity contribution < 1.29 is 0 Å². The lowest BCUT2D eigenvalue weighted by Gasteiger charge is -1.94. The smallest absolute Gasteiger partial charge is 0.251 e. The highest BCUT2D eigenvalue weighted by atomic mass is 35.5. The van der Waals surface area contributed by atoms with E-state index in [4.69, 9.17) is 11.6 Å². The zero-order chi connectivity index (χ0) is 8.55. The maximum Gasteiger partial charge on any atom is 0.251 e. The topological polar surface area (TPSA) is 17.1 Å². The lowest BCUT2D eigenvalue weighted by molar-refractivity contribution is 1.78. The van der Waals surface area contributed by atoms with Crippen LogP contribution in [0.4, 0.5) is 0 Å². The van der Waals surface area contributed by atoms with E-state index in [1.165, 1.54) is 11.3 Å². The summed E-state index contributed by atoms with van der Waals surface area (Å²) in [5, 5.41) is 1.32. The molecule has 0 aliphatic rings. The summed E-state index contributed by atoms with van der Waals surface area (Å²) < 4.78 is 0.905. The van der Waals surface area contributed by atoms with Gasteiger partial charge in [-0.15, -0.1) is 0 Å². The molecule has 0 saturated heterocycles. The van der Waals surface area contributed by atoms with Crippen molar-refractivity contribution in [2.24, 2.45) is 0 Å². The van der Waals surface area contributed by atoms with E-state index in [0.717, 1.165) is 10.1 Å². The molecule has 0 spiro atoms. The van der Waals surface area contributed by atoms with E-state index in [-0.39, 0.29) is 4.74 Å². The van der Waals surface area contributed by atoms with Crippen molar-refractivity contribution in [2.45, 2.75) is 0 Å². The summed E-state index contributed by atoms with van der Waals surface area (Å²) in [6, 6.07) is 9.40. The highest BCUT2D eigenvalue weighted by molar-refractivity contribution is 7.16. The Balaban J connectivity index is 2.93. The fourth-order valence-corrected chi connectivity index (χ4v) is 2.02. The molecule has 0 amide bonds. The minimum atomic E-state index is -0.0737. The Morgan fingerprint density at radius 3 is 2.83 bits per heavy atom. The monoisotopic (exact) mass is 196 g/mol. The molecule has 0 fully saturated rings. The fourth-order valence-electron chi connectivity index (χ4n) is 1.04. The first-order chi connectivity index (χ1) is 5.77. The van der Waals surface area contributed by atoms with Crippen LogP contribution in [-0.4, -0.2) is 0 Å². The molecule has 1 heterocycles. The zero-order valence-electron chi connectivity index (χ0n) is 6.08. The van der Waals surface area contributed by atoms with Crippen molar-refractivity contribution in [3.8, 4) is 0 Å². The quantitative estimate of drug-likeness (QED) is 0.633. The van der Waals surface area contributed by atoms with Gasteiger partial charge in [-0.3, -0.25) is 4.79 Å². The summed E-state index contributed by atoms with van der Waals surface area (Å²) in [5.74, 6) is 0. The van der Waals surface area contributed by atoms with Crippen molar-refractivity contribution >= 4 is 33.0 Å². The molecule has 2 rings (SSSR count). The predicted octanol–water partition coefficient (Wildman–Crippen LogP) is 2.91. The number of rotatable bonds is 0. The Hall–Kier alpha value is -0.860. The van der Waals surface area contributed by atoms with E-state index in [0.29, 0.717) is 5.02 Å². The minimum absolute atomic E-state index is 0.0737. The molecule has 1 aromatic carbocycles. The highest BCUT2D eigenvalue weighted by Crippen LogP contribution is 2.18. The summed E-state index contributed by atoms with van der Waals surface area (Å²) in [6.45, 7) is 0. The first-order valence-electron chi connectivity index (χ1n) is 3.46. The van der Waals surface area contributed by atoms with Gasteiger partial charge in [0.2, 0.25) is 0 Å². The van der Waals surface area contributed by atoms with Gasteiger partial charge in [-0.25, -0.2) is 0 Å². The van der Waals surface area contributed by atoms with E-state index in [1.54, 1.807) is 6.07 Å². The van der Waals surface area contributed by atoms with E-state index in [9.17, 15) is 4.79 Å². The van der Waals surface area contributed by atoms with Crippen molar-refractivity contribution in [3.63, 3.8) is 0 Å². The van der Waals surface area contributed by atoms with Crippen LogP contribution in [0.3, 0.4) is 0 Å². The summed E-state index contributed by atoms with van der Waals surface area (Å²) in [4.78, 5) is 11.1. The lowest BCUT2D eigenvalue weighted by Crippen LogP contribution is -1.92. The van der Waals surface area contributed by atoms with E-state index >= 15 is 0 Å². The second kappa shape index (κ2) is 2.88. The first-order valence-corrected chi connectivity index (χ1v) is 4.65. The minimum Gasteiger partial charge on any atom is -0.276 e. The molecule has 0 saturated carbocycles. The Bertz CT molecular complexity index is 475. The summed E-state index contributed by atoms with van der Waals surface area (Å²) in [7, 11) is 0. The zero-order valence-corrected chi connectivity index (χ0v) is 7.65. The third-order valence-electron chi connectivity index (χ3n) is 1.60. The molecule has 1 nitrogen and oxygen atoms in total. The van der Waals surface area contributed by atoms with Gasteiger partial charge in [0.1, 0.15) is 0 Å². The summed E-state index contributed by atoms with van der Waals surface area (Å²) >= 11 is 6.87. The van der Waals surface area contributed by atoms with Gasteiger partial charge in [-0.1, -0.05) is 41.1 Å². The van der Waals surface area contributed by atoms with Crippen molar-refractivity contribution in [1.29, 1.82) is 0 Å². The summed E-state index contributed by atoms with van der Waals surface area (Å²) in [5.41, 5.74) is 0. The van der Waals surface area contributed by atoms with Crippen LogP contribution in [-0.2, 0) is 0 Å². The molecule has 2 aromatic rings. The number of fused-ring (bicyclic) bond motifs is 1. The van der Waals surface area contributed by atoms with Gasteiger partial charge in [0.25, 0.3) is 4.74 Å². The van der Waals surface area contributed by atoms with Crippen LogP contribution in [0.2, 0.25) is 5.02 Å². The van der Waals surface area contributed by atoms with Gasteiger partial charge >= 0.3 is 0 Å². The van der Waals surface area contributed by atoms with Crippen LogP contribution < -0.4 is 4.74 Å². The van der Waals surface area contributed by atoms with Gasteiger partial charge in [0.05, 0.1) is 5.02 Å². The van der Waals surface area contributed by atoms with E-state index < -0.39 is 0 Å². The van der Waals surface area contributed by atoms with Crippen LogP contribution >= 0.6 is 22.9 Å². The molecule has 60 valence electrons. The van der Waals surface area contributed by atoms with Crippen LogP contribution in [0.1, 0.15) is 0 Å². The van der Waals surface area contributed by atoms with E-state index in [2.05, 4.69) is 0 Å². The van der Waals surface area contributed by atoms with Crippen molar-refractivity contribution in [1.82, 2.24) is 0 Å². The Kier molecular flexibility index (Phi) is 1.87. The van der Waals surface area contributed by atoms with Crippen LogP contribution in [0.5, 0.6) is 0 Å². The number of halogens is 1. The Morgan fingerprint density at radius 1 is 1.25 bits per heavy atom. The fraction of sp³-hybridized carbons (Fsp3) is 0. The van der Waals surface area contributed by atoms with Gasteiger partial charge in [-0.05, 0) is 17.5 Å². The molecule has 0 N–H and O–H groups in total. The first kappa shape index (κ1) is 7.77. The molecule has 1 aromatic heterocycles. The maximum atomic E-state index is 11.1. The molecular formula is C9H5ClOS. The highest BCUT2D eigenvalue weighted by Gasteiger charge is 1.98. The van der Waals surface area contributed by atoms with Crippen molar-refractivity contribution in [3.05, 3.63) is 44.9 Å². The standard InChI is InChI=1S/C9H5ClOS/c10-7-5-6-3-1-2-4-8(6)12-9(7)11/h1-5H. The largest absolute Gasteiger partial charge is 0.276 e. The molecule has 0 atom stereocenters. The average Bonchev–Trinajstić information content (AvgIpc) is 2.07. The van der Waals surface area contributed by atoms with Gasteiger partial charge < -0.3 is 0 Å². The van der Waals surface area contributed by atoms with Gasteiger partial charge in [0.15, 0.2) is 0 Å². The molecule has 0 aliphatic carbocycles. The lowest BCUT2D eigenvalue weighted by atomic mass is 10.2. The normalized spacial score (nSPS) is 10.4. The molecule has 3 heteroatoms.